The van der Waals surface area contributed by atoms with Crippen LogP contribution in [0.3, 0.4) is 0 Å². The standard InChI is InChI=1S/C17H19NO3/c1-2-13-3-7-16(8-4-13)21-17(19)14-5-9-15(10-6-14)20-12-11-18/h3-10H,2,11-12,18H2,1H3. The van der Waals surface area contributed by atoms with E-state index in [0.29, 0.717) is 30.2 Å². The number of ether oxygens (including phenoxy) is 2. The molecular formula is C17H19NO3. The van der Waals surface area contributed by atoms with Gasteiger partial charge < -0.3 is 15.2 Å². The zero-order valence-electron chi connectivity index (χ0n) is 12.0. The van der Waals surface area contributed by atoms with Gasteiger partial charge in [-0.3, -0.25) is 0 Å². The van der Waals surface area contributed by atoms with Crippen molar-refractivity contribution in [3.63, 3.8) is 0 Å². The quantitative estimate of drug-likeness (QED) is 0.655. The van der Waals surface area contributed by atoms with Crippen LogP contribution in [0.25, 0.3) is 0 Å². The lowest BCUT2D eigenvalue weighted by atomic mass is 10.2. The number of hydrogen-bond acceptors (Lipinski definition) is 4. The number of aryl methyl sites for hydroxylation is 1. The van der Waals surface area contributed by atoms with Crippen LogP contribution < -0.4 is 15.2 Å². The lowest BCUT2D eigenvalue weighted by molar-refractivity contribution is 0.0734. The second-order valence-corrected chi connectivity index (χ2v) is 4.55. The summed E-state index contributed by atoms with van der Waals surface area (Å²) in [6.07, 6.45) is 0.957. The van der Waals surface area contributed by atoms with E-state index in [1.807, 2.05) is 12.1 Å². The molecule has 0 atom stereocenters. The average Bonchev–Trinajstić information content (AvgIpc) is 2.54. The van der Waals surface area contributed by atoms with Crippen LogP contribution in [0.2, 0.25) is 0 Å². The minimum absolute atomic E-state index is 0.385. The second-order valence-electron chi connectivity index (χ2n) is 4.55. The molecule has 0 unspecified atom stereocenters. The minimum atomic E-state index is -0.385. The number of hydrogen-bond donors (Lipinski definition) is 1. The smallest absolute Gasteiger partial charge is 0.343 e. The highest BCUT2D eigenvalue weighted by Gasteiger charge is 2.08. The highest BCUT2D eigenvalue weighted by Crippen LogP contribution is 2.16. The van der Waals surface area contributed by atoms with Crippen LogP contribution in [0.4, 0.5) is 0 Å². The average molecular weight is 285 g/mol. The van der Waals surface area contributed by atoms with Crippen LogP contribution in [-0.2, 0) is 6.42 Å². The van der Waals surface area contributed by atoms with Gasteiger partial charge in [-0.05, 0) is 48.4 Å². The molecule has 2 N–H and O–H groups in total. The summed E-state index contributed by atoms with van der Waals surface area (Å²) in [6, 6.07) is 14.3. The zero-order valence-corrected chi connectivity index (χ0v) is 12.0. The summed E-state index contributed by atoms with van der Waals surface area (Å²) in [6.45, 7) is 2.99. The summed E-state index contributed by atoms with van der Waals surface area (Å²) in [4.78, 5) is 12.0. The van der Waals surface area contributed by atoms with Gasteiger partial charge in [0.25, 0.3) is 0 Å². The summed E-state index contributed by atoms with van der Waals surface area (Å²) in [5, 5.41) is 0. The molecule has 2 aromatic rings. The second kappa shape index (κ2) is 7.45. The number of carbonyl (C=O) groups excluding carboxylic acids is 1. The van der Waals surface area contributed by atoms with E-state index in [0.717, 1.165) is 6.42 Å². The Hall–Kier alpha value is -2.33. The molecule has 0 amide bonds. The monoisotopic (exact) mass is 285 g/mol. The first-order valence-corrected chi connectivity index (χ1v) is 6.97. The molecule has 2 rings (SSSR count). The predicted molar refractivity (Wildman–Crippen MR) is 81.8 cm³/mol. The lowest BCUT2D eigenvalue weighted by Gasteiger charge is -2.07. The van der Waals surface area contributed by atoms with Crippen LogP contribution in [-0.4, -0.2) is 19.1 Å². The highest BCUT2D eigenvalue weighted by molar-refractivity contribution is 5.91. The highest BCUT2D eigenvalue weighted by atomic mass is 16.5. The van der Waals surface area contributed by atoms with E-state index in [2.05, 4.69) is 6.92 Å². The van der Waals surface area contributed by atoms with Crippen LogP contribution in [0.1, 0.15) is 22.8 Å². The van der Waals surface area contributed by atoms with E-state index in [4.69, 9.17) is 15.2 Å². The number of rotatable bonds is 6. The van der Waals surface area contributed by atoms with Crippen molar-refractivity contribution >= 4 is 5.97 Å². The van der Waals surface area contributed by atoms with Crippen LogP contribution >= 0.6 is 0 Å². The molecule has 2 aromatic carbocycles. The Morgan fingerprint density at radius 3 is 2.19 bits per heavy atom. The van der Waals surface area contributed by atoms with Crippen LogP contribution in [0.5, 0.6) is 11.5 Å². The summed E-state index contributed by atoms with van der Waals surface area (Å²) in [5.41, 5.74) is 7.05. The van der Waals surface area contributed by atoms with Crippen molar-refractivity contribution in [1.82, 2.24) is 0 Å². The summed E-state index contributed by atoms with van der Waals surface area (Å²) >= 11 is 0. The summed E-state index contributed by atoms with van der Waals surface area (Å²) < 4.78 is 10.7. The van der Waals surface area contributed by atoms with Crippen molar-refractivity contribution in [2.45, 2.75) is 13.3 Å². The molecule has 4 heteroatoms. The summed E-state index contributed by atoms with van der Waals surface area (Å²) in [7, 11) is 0. The van der Waals surface area contributed by atoms with Gasteiger partial charge >= 0.3 is 5.97 Å². The maximum Gasteiger partial charge on any atom is 0.343 e. The van der Waals surface area contributed by atoms with Crippen molar-refractivity contribution in [2.75, 3.05) is 13.2 Å². The maximum atomic E-state index is 12.0. The molecule has 0 bridgehead atoms. The van der Waals surface area contributed by atoms with Crippen molar-refractivity contribution in [2.24, 2.45) is 5.73 Å². The molecule has 21 heavy (non-hydrogen) atoms. The Balaban J connectivity index is 1.98. The fraction of sp³-hybridized carbons (Fsp3) is 0.235. The van der Waals surface area contributed by atoms with E-state index in [1.54, 1.807) is 36.4 Å². The molecule has 4 nitrogen and oxygen atoms in total. The van der Waals surface area contributed by atoms with Gasteiger partial charge in [0.1, 0.15) is 18.1 Å². The van der Waals surface area contributed by atoms with Crippen molar-refractivity contribution in [3.8, 4) is 11.5 Å². The Bertz CT molecular complexity index is 576. The zero-order chi connectivity index (χ0) is 15.1. The van der Waals surface area contributed by atoms with Gasteiger partial charge in [-0.15, -0.1) is 0 Å². The first-order chi connectivity index (χ1) is 10.2. The Kier molecular flexibility index (Phi) is 5.35. The molecule has 0 radical (unpaired) electrons. The topological polar surface area (TPSA) is 61.5 Å². The minimum Gasteiger partial charge on any atom is -0.492 e. The van der Waals surface area contributed by atoms with E-state index < -0.39 is 0 Å². The van der Waals surface area contributed by atoms with Gasteiger partial charge in [0.15, 0.2) is 0 Å². The molecule has 0 spiro atoms. The predicted octanol–water partition coefficient (Wildman–Crippen LogP) is 2.81. The van der Waals surface area contributed by atoms with Crippen LogP contribution in [0, 0.1) is 0 Å². The fourth-order valence-corrected chi connectivity index (χ4v) is 1.82. The third kappa shape index (κ3) is 4.33. The molecule has 0 heterocycles. The van der Waals surface area contributed by atoms with Gasteiger partial charge in [-0.2, -0.15) is 0 Å². The molecular weight excluding hydrogens is 266 g/mol. The molecule has 0 aliphatic rings. The van der Waals surface area contributed by atoms with Gasteiger partial charge in [-0.1, -0.05) is 19.1 Å². The largest absolute Gasteiger partial charge is 0.492 e. The molecule has 0 aliphatic heterocycles. The number of carbonyl (C=O) groups is 1. The van der Waals surface area contributed by atoms with Crippen molar-refractivity contribution < 1.29 is 14.3 Å². The molecule has 110 valence electrons. The normalized spacial score (nSPS) is 10.2. The first-order valence-electron chi connectivity index (χ1n) is 6.97. The Morgan fingerprint density at radius 2 is 1.62 bits per heavy atom. The van der Waals surface area contributed by atoms with Gasteiger partial charge in [0, 0.05) is 6.54 Å². The Labute approximate surface area is 124 Å². The number of benzene rings is 2. The SMILES string of the molecule is CCc1ccc(OC(=O)c2ccc(OCCN)cc2)cc1. The lowest BCUT2D eigenvalue weighted by Crippen LogP contribution is -2.11. The first kappa shape index (κ1) is 15.1. The molecule has 0 aliphatic carbocycles. The van der Waals surface area contributed by atoms with E-state index in [-0.39, 0.29) is 5.97 Å². The molecule has 0 aromatic heterocycles. The maximum absolute atomic E-state index is 12.0. The number of esters is 1. The Morgan fingerprint density at radius 1 is 1.00 bits per heavy atom. The third-order valence-electron chi connectivity index (χ3n) is 3.02. The summed E-state index contributed by atoms with van der Waals surface area (Å²) in [5.74, 6) is 0.842. The van der Waals surface area contributed by atoms with E-state index in [1.165, 1.54) is 5.56 Å². The molecule has 0 saturated heterocycles. The van der Waals surface area contributed by atoms with Gasteiger partial charge in [0.05, 0.1) is 5.56 Å². The number of nitrogens with two attached hydrogens (primary N) is 1. The fourth-order valence-electron chi connectivity index (χ4n) is 1.82. The molecule has 0 fully saturated rings. The van der Waals surface area contributed by atoms with Gasteiger partial charge in [0.2, 0.25) is 0 Å². The molecule has 0 saturated carbocycles. The third-order valence-corrected chi connectivity index (χ3v) is 3.02. The van der Waals surface area contributed by atoms with Gasteiger partial charge in [-0.25, -0.2) is 4.79 Å². The van der Waals surface area contributed by atoms with Crippen molar-refractivity contribution in [3.05, 3.63) is 59.7 Å². The van der Waals surface area contributed by atoms with Crippen LogP contribution in [0.15, 0.2) is 48.5 Å². The van der Waals surface area contributed by atoms with Crippen molar-refractivity contribution in [1.29, 1.82) is 0 Å². The van der Waals surface area contributed by atoms with E-state index in [9.17, 15) is 4.79 Å². The van der Waals surface area contributed by atoms with E-state index >= 15 is 0 Å².